The summed E-state index contributed by atoms with van der Waals surface area (Å²) in [5.41, 5.74) is 0.742. The van der Waals surface area contributed by atoms with Gasteiger partial charge in [-0.25, -0.2) is 13.2 Å². The Balaban J connectivity index is 1.76. The molecule has 2 aromatic carbocycles. The zero-order chi connectivity index (χ0) is 23.3. The molecule has 170 valence electrons. The van der Waals surface area contributed by atoms with Gasteiger partial charge in [0.25, 0.3) is 5.89 Å². The van der Waals surface area contributed by atoms with Gasteiger partial charge in [-0.1, -0.05) is 30.6 Å². The lowest BCUT2D eigenvalue weighted by Crippen LogP contribution is -2.31. The minimum atomic E-state index is -3.85. The van der Waals surface area contributed by atoms with Gasteiger partial charge in [0, 0.05) is 23.7 Å². The fraction of sp³-hybridized carbons (Fsp3) is 0.286. The molecular weight excluding hydrogens is 458 g/mol. The van der Waals surface area contributed by atoms with Gasteiger partial charge in [0.05, 0.1) is 12.7 Å². The number of hydrogen-bond donors (Lipinski definition) is 0. The maximum Gasteiger partial charge on any atom is 0.338 e. The van der Waals surface area contributed by atoms with Crippen LogP contribution in [0.15, 0.2) is 51.9 Å². The number of carbonyl (C=O) groups is 1. The number of hydrogen-bond acceptors (Lipinski definition) is 8. The predicted octanol–water partition coefficient (Wildman–Crippen LogP) is 3.79. The first-order chi connectivity index (χ1) is 15.3. The minimum absolute atomic E-state index is 0.0500. The molecule has 0 aliphatic carbocycles. The maximum absolute atomic E-state index is 12.9. The molecule has 0 unspecified atom stereocenters. The highest BCUT2D eigenvalue weighted by molar-refractivity contribution is 7.89. The molecule has 0 saturated carbocycles. The van der Waals surface area contributed by atoms with E-state index in [0.29, 0.717) is 16.4 Å². The summed E-state index contributed by atoms with van der Waals surface area (Å²) in [5.74, 6) is -0.189. The van der Waals surface area contributed by atoms with Crippen LogP contribution >= 0.6 is 11.6 Å². The van der Waals surface area contributed by atoms with Crippen LogP contribution in [0.25, 0.3) is 11.4 Å². The number of rotatable bonds is 9. The number of ether oxygens (including phenoxy) is 2. The number of carbonyl (C=O) groups excluding carboxylic acids is 1. The number of esters is 1. The number of halogens is 1. The largest absolute Gasteiger partial charge is 0.495 e. The summed E-state index contributed by atoms with van der Waals surface area (Å²) in [6, 6.07) is 10.9. The van der Waals surface area contributed by atoms with Crippen molar-refractivity contribution in [3.05, 3.63) is 58.9 Å². The van der Waals surface area contributed by atoms with Crippen molar-refractivity contribution in [1.82, 2.24) is 14.4 Å². The summed E-state index contributed by atoms with van der Waals surface area (Å²) in [5, 5.41) is 4.43. The van der Waals surface area contributed by atoms with Crippen LogP contribution in [0.3, 0.4) is 0 Å². The van der Waals surface area contributed by atoms with Gasteiger partial charge in [0.2, 0.25) is 15.8 Å². The lowest BCUT2D eigenvalue weighted by molar-refractivity contribution is 0.0429. The summed E-state index contributed by atoms with van der Waals surface area (Å²) in [6.07, 6.45) is 0. The maximum atomic E-state index is 12.9. The Bertz CT molecular complexity index is 1190. The van der Waals surface area contributed by atoms with Gasteiger partial charge in [-0.05, 0) is 42.5 Å². The summed E-state index contributed by atoms with van der Waals surface area (Å²) >= 11 is 5.87. The van der Waals surface area contributed by atoms with Gasteiger partial charge in [-0.15, -0.1) is 0 Å². The van der Waals surface area contributed by atoms with Crippen molar-refractivity contribution in [3.63, 3.8) is 0 Å². The Hall–Kier alpha value is -2.95. The summed E-state index contributed by atoms with van der Waals surface area (Å²) < 4.78 is 42.7. The quantitative estimate of drug-likeness (QED) is 0.426. The first kappa shape index (κ1) is 23.7. The Kier molecular flexibility index (Phi) is 7.49. The molecule has 0 spiro atoms. The fourth-order valence-corrected chi connectivity index (χ4v) is 4.71. The molecule has 3 rings (SSSR count). The Labute approximate surface area is 190 Å². The molecule has 0 saturated heterocycles. The summed E-state index contributed by atoms with van der Waals surface area (Å²) in [4.78, 5) is 16.6. The van der Waals surface area contributed by atoms with Crippen LogP contribution in [-0.2, 0) is 21.4 Å². The number of benzene rings is 2. The van der Waals surface area contributed by atoms with E-state index < -0.39 is 16.0 Å². The van der Waals surface area contributed by atoms with Gasteiger partial charge >= 0.3 is 5.97 Å². The van der Waals surface area contributed by atoms with E-state index >= 15 is 0 Å². The average molecular weight is 480 g/mol. The molecule has 9 nitrogen and oxygen atoms in total. The second-order valence-corrected chi connectivity index (χ2v) is 8.89. The number of methoxy groups -OCH3 is 1. The monoisotopic (exact) mass is 479 g/mol. The van der Waals surface area contributed by atoms with Crippen molar-refractivity contribution in [2.45, 2.75) is 25.3 Å². The normalized spacial score (nSPS) is 11.5. The van der Waals surface area contributed by atoms with Crippen LogP contribution in [0.1, 0.15) is 30.1 Å². The molecule has 0 atom stereocenters. The highest BCUT2D eigenvalue weighted by Gasteiger charge is 2.27. The standard InChI is InChI=1S/C21H22ClN3O6S/c1-4-25(5-2)32(27,28)18-12-15(8-11-17(18)29-3)21(26)30-13-19-23-20(24-31-19)14-6-9-16(22)10-7-14/h6-12H,4-5,13H2,1-3H3. The Morgan fingerprint density at radius 2 is 1.81 bits per heavy atom. The van der Waals surface area contributed by atoms with Gasteiger partial charge in [0.15, 0.2) is 6.61 Å². The molecule has 0 aliphatic rings. The molecule has 0 aliphatic heterocycles. The van der Waals surface area contributed by atoms with Crippen molar-refractivity contribution in [3.8, 4) is 17.1 Å². The van der Waals surface area contributed by atoms with Crippen LogP contribution in [-0.4, -0.2) is 49.0 Å². The molecule has 3 aromatic rings. The van der Waals surface area contributed by atoms with Gasteiger partial charge in [-0.3, -0.25) is 0 Å². The van der Waals surface area contributed by atoms with E-state index in [-0.39, 0.29) is 41.8 Å². The van der Waals surface area contributed by atoms with Crippen LogP contribution < -0.4 is 4.74 Å². The molecule has 32 heavy (non-hydrogen) atoms. The first-order valence-electron chi connectivity index (χ1n) is 9.74. The fourth-order valence-electron chi connectivity index (χ4n) is 2.95. The third kappa shape index (κ3) is 5.09. The number of sulfonamides is 1. The average Bonchev–Trinajstić information content (AvgIpc) is 3.27. The van der Waals surface area contributed by atoms with Gasteiger partial charge < -0.3 is 14.0 Å². The van der Waals surface area contributed by atoms with Crippen molar-refractivity contribution < 1.29 is 27.2 Å². The van der Waals surface area contributed by atoms with E-state index in [4.69, 9.17) is 25.6 Å². The highest BCUT2D eigenvalue weighted by atomic mass is 35.5. The van der Waals surface area contributed by atoms with Gasteiger partial charge in [0.1, 0.15) is 10.6 Å². The van der Waals surface area contributed by atoms with Crippen LogP contribution in [0.5, 0.6) is 5.75 Å². The first-order valence-corrected chi connectivity index (χ1v) is 11.6. The third-order valence-corrected chi connectivity index (χ3v) is 6.94. The number of aromatic nitrogens is 2. The van der Waals surface area contributed by atoms with Crippen LogP contribution in [0.2, 0.25) is 5.02 Å². The lowest BCUT2D eigenvalue weighted by atomic mass is 10.2. The van der Waals surface area contributed by atoms with Crippen molar-refractivity contribution in [1.29, 1.82) is 0 Å². The highest BCUT2D eigenvalue weighted by Crippen LogP contribution is 2.28. The van der Waals surface area contributed by atoms with Crippen molar-refractivity contribution in [2.24, 2.45) is 0 Å². The SMILES string of the molecule is CCN(CC)S(=O)(=O)c1cc(C(=O)OCc2nc(-c3ccc(Cl)cc3)no2)ccc1OC. The van der Waals surface area contributed by atoms with E-state index in [0.717, 1.165) is 0 Å². The predicted molar refractivity (Wildman–Crippen MR) is 117 cm³/mol. The Morgan fingerprint density at radius 1 is 1.12 bits per heavy atom. The van der Waals surface area contributed by atoms with Crippen molar-refractivity contribution >= 4 is 27.6 Å². The zero-order valence-corrected chi connectivity index (χ0v) is 19.3. The van der Waals surface area contributed by atoms with Gasteiger partial charge in [-0.2, -0.15) is 9.29 Å². The molecule has 0 radical (unpaired) electrons. The molecule has 0 N–H and O–H groups in total. The second-order valence-electron chi connectivity index (χ2n) is 6.55. The molecule has 11 heteroatoms. The Morgan fingerprint density at radius 3 is 2.44 bits per heavy atom. The van der Waals surface area contributed by atoms with Crippen molar-refractivity contribution in [2.75, 3.05) is 20.2 Å². The summed E-state index contributed by atoms with van der Waals surface area (Å²) in [7, 11) is -2.48. The lowest BCUT2D eigenvalue weighted by Gasteiger charge is -2.20. The third-order valence-electron chi connectivity index (χ3n) is 4.62. The van der Waals surface area contributed by atoms with E-state index in [1.807, 2.05) is 0 Å². The smallest absolute Gasteiger partial charge is 0.338 e. The van der Waals surface area contributed by atoms with E-state index in [1.165, 1.54) is 29.6 Å². The van der Waals surface area contributed by atoms with E-state index in [2.05, 4.69) is 10.1 Å². The van der Waals surface area contributed by atoms with E-state index in [1.54, 1.807) is 38.1 Å². The minimum Gasteiger partial charge on any atom is -0.495 e. The topological polar surface area (TPSA) is 112 Å². The molecule has 0 amide bonds. The molecular formula is C21H22ClN3O6S. The van der Waals surface area contributed by atoms with E-state index in [9.17, 15) is 13.2 Å². The summed E-state index contributed by atoms with van der Waals surface area (Å²) in [6.45, 7) is 3.75. The van der Waals surface area contributed by atoms with Crippen LogP contribution in [0, 0.1) is 0 Å². The number of nitrogens with zero attached hydrogens (tertiary/aromatic N) is 3. The zero-order valence-electron chi connectivity index (χ0n) is 17.7. The van der Waals surface area contributed by atoms with Crippen LogP contribution in [0.4, 0.5) is 0 Å². The second kappa shape index (κ2) is 10.1. The molecule has 1 aromatic heterocycles. The molecule has 0 bridgehead atoms. The molecule has 0 fully saturated rings. The molecule has 1 heterocycles.